The van der Waals surface area contributed by atoms with Crippen molar-refractivity contribution in [2.45, 2.75) is 19.9 Å². The lowest BCUT2D eigenvalue weighted by Crippen LogP contribution is -2.23. The first-order chi connectivity index (χ1) is 8.08. The number of hydrogen-bond donors (Lipinski definition) is 1. The number of rotatable bonds is 3. The first-order valence-electron chi connectivity index (χ1n) is 5.42. The molecule has 5 nitrogen and oxygen atoms in total. The van der Waals surface area contributed by atoms with Crippen LogP contribution in [0.4, 0.5) is 5.82 Å². The number of nitrogens with one attached hydrogen (secondary N) is 1. The highest BCUT2D eigenvalue weighted by Gasteiger charge is 2.12. The van der Waals surface area contributed by atoms with E-state index in [0.717, 1.165) is 11.5 Å². The van der Waals surface area contributed by atoms with Crippen LogP contribution in [0, 0.1) is 6.92 Å². The Morgan fingerprint density at radius 2 is 2.24 bits per heavy atom. The lowest BCUT2D eigenvalue weighted by Gasteiger charge is -2.11. The molecular formula is C12H15N3O2. The van der Waals surface area contributed by atoms with Crippen LogP contribution in [0.2, 0.25) is 0 Å². The molecule has 0 bridgehead atoms. The van der Waals surface area contributed by atoms with Gasteiger partial charge in [0.15, 0.2) is 5.82 Å². The summed E-state index contributed by atoms with van der Waals surface area (Å²) in [6.45, 7) is 3.81. The van der Waals surface area contributed by atoms with Crippen molar-refractivity contribution in [3.05, 3.63) is 46.4 Å². The fourth-order valence-electron chi connectivity index (χ4n) is 1.56. The summed E-state index contributed by atoms with van der Waals surface area (Å²) >= 11 is 0. The maximum absolute atomic E-state index is 11.7. The van der Waals surface area contributed by atoms with Gasteiger partial charge in [-0.1, -0.05) is 0 Å². The molecule has 0 fully saturated rings. The molecule has 0 aliphatic rings. The molecule has 2 aromatic heterocycles. The molecule has 1 atom stereocenters. The Balaban J connectivity index is 2.21. The highest BCUT2D eigenvalue weighted by atomic mass is 16.3. The predicted octanol–water partition coefficient (Wildman–Crippen LogP) is 1.85. The Kier molecular flexibility index (Phi) is 2.99. The maximum Gasteiger partial charge on any atom is 0.293 e. The largest absolute Gasteiger partial charge is 0.464 e. The van der Waals surface area contributed by atoms with Gasteiger partial charge in [-0.3, -0.25) is 4.79 Å². The number of anilines is 1. The Hall–Kier alpha value is -2.04. The van der Waals surface area contributed by atoms with Gasteiger partial charge in [0.1, 0.15) is 11.5 Å². The molecule has 2 rings (SSSR count). The van der Waals surface area contributed by atoms with E-state index in [1.165, 1.54) is 4.57 Å². The highest BCUT2D eigenvalue weighted by molar-refractivity contribution is 5.33. The van der Waals surface area contributed by atoms with E-state index in [1.54, 1.807) is 19.4 Å². The molecule has 0 aromatic carbocycles. The van der Waals surface area contributed by atoms with E-state index in [1.807, 2.05) is 26.0 Å². The average Bonchev–Trinajstić information content (AvgIpc) is 2.72. The molecule has 1 unspecified atom stereocenters. The van der Waals surface area contributed by atoms with Gasteiger partial charge in [-0.15, -0.1) is 0 Å². The van der Waals surface area contributed by atoms with Crippen molar-refractivity contribution in [1.29, 1.82) is 0 Å². The minimum Gasteiger partial charge on any atom is -0.464 e. The number of aryl methyl sites for hydroxylation is 2. The summed E-state index contributed by atoms with van der Waals surface area (Å²) in [4.78, 5) is 15.8. The van der Waals surface area contributed by atoms with Crippen LogP contribution in [0.3, 0.4) is 0 Å². The summed E-state index contributed by atoms with van der Waals surface area (Å²) in [6, 6.07) is 3.69. The van der Waals surface area contributed by atoms with Crippen LogP contribution >= 0.6 is 0 Å². The van der Waals surface area contributed by atoms with Gasteiger partial charge in [0.05, 0.1) is 6.04 Å². The minimum absolute atomic E-state index is 0.0914. The van der Waals surface area contributed by atoms with Gasteiger partial charge in [-0.05, 0) is 26.0 Å². The molecule has 5 heteroatoms. The highest BCUT2D eigenvalue weighted by Crippen LogP contribution is 2.18. The molecule has 0 aliphatic heterocycles. The van der Waals surface area contributed by atoms with Gasteiger partial charge in [-0.2, -0.15) is 0 Å². The van der Waals surface area contributed by atoms with Crippen LogP contribution < -0.4 is 10.9 Å². The standard InChI is InChI=1S/C12H15N3O2/c1-8-4-5-10(17-8)9(2)14-11-12(16)15(3)7-6-13-11/h4-7,9H,1-3H3,(H,13,14). The van der Waals surface area contributed by atoms with E-state index in [0.29, 0.717) is 5.82 Å². The van der Waals surface area contributed by atoms with Crippen molar-refractivity contribution in [3.8, 4) is 0 Å². The zero-order valence-electron chi connectivity index (χ0n) is 10.1. The third-order valence-electron chi connectivity index (χ3n) is 2.56. The van der Waals surface area contributed by atoms with E-state index in [4.69, 9.17) is 4.42 Å². The number of furan rings is 1. The smallest absolute Gasteiger partial charge is 0.293 e. The fraction of sp³-hybridized carbons (Fsp3) is 0.333. The molecule has 0 saturated carbocycles. The summed E-state index contributed by atoms with van der Waals surface area (Å²) < 4.78 is 6.97. The first kappa shape index (κ1) is 11.4. The maximum atomic E-state index is 11.7. The van der Waals surface area contributed by atoms with E-state index in [2.05, 4.69) is 10.3 Å². The first-order valence-corrected chi connectivity index (χ1v) is 5.42. The monoisotopic (exact) mass is 233 g/mol. The molecule has 17 heavy (non-hydrogen) atoms. The molecule has 90 valence electrons. The third kappa shape index (κ3) is 2.38. The number of nitrogens with zero attached hydrogens (tertiary/aromatic N) is 2. The van der Waals surface area contributed by atoms with Crippen LogP contribution in [0.25, 0.3) is 0 Å². The van der Waals surface area contributed by atoms with Gasteiger partial charge in [0.25, 0.3) is 5.56 Å². The molecule has 0 radical (unpaired) electrons. The molecule has 2 heterocycles. The summed E-state index contributed by atoms with van der Waals surface area (Å²) in [5.41, 5.74) is -0.150. The van der Waals surface area contributed by atoms with Crippen molar-refractivity contribution in [2.75, 3.05) is 5.32 Å². The van der Waals surface area contributed by atoms with E-state index < -0.39 is 0 Å². The molecule has 0 aliphatic carbocycles. The second-order valence-corrected chi connectivity index (χ2v) is 4.01. The Labute approximate surface area is 99.1 Å². The van der Waals surface area contributed by atoms with Gasteiger partial charge in [0.2, 0.25) is 0 Å². The third-order valence-corrected chi connectivity index (χ3v) is 2.56. The van der Waals surface area contributed by atoms with E-state index in [9.17, 15) is 4.79 Å². The zero-order valence-corrected chi connectivity index (χ0v) is 10.1. The van der Waals surface area contributed by atoms with Crippen molar-refractivity contribution in [2.24, 2.45) is 7.05 Å². The van der Waals surface area contributed by atoms with Crippen molar-refractivity contribution in [3.63, 3.8) is 0 Å². The van der Waals surface area contributed by atoms with Gasteiger partial charge in [0, 0.05) is 19.4 Å². The lowest BCUT2D eigenvalue weighted by molar-refractivity contribution is 0.466. The van der Waals surface area contributed by atoms with Crippen LogP contribution in [0.5, 0.6) is 0 Å². The molecule has 0 saturated heterocycles. The Morgan fingerprint density at radius 1 is 1.47 bits per heavy atom. The SMILES string of the molecule is Cc1ccc(C(C)Nc2nccn(C)c2=O)o1. The lowest BCUT2D eigenvalue weighted by atomic mass is 10.2. The summed E-state index contributed by atoms with van der Waals surface area (Å²) in [5.74, 6) is 1.97. The van der Waals surface area contributed by atoms with Gasteiger partial charge < -0.3 is 14.3 Å². The van der Waals surface area contributed by atoms with Crippen LogP contribution in [-0.2, 0) is 7.05 Å². The normalized spacial score (nSPS) is 12.4. The molecular weight excluding hydrogens is 218 g/mol. The van der Waals surface area contributed by atoms with Crippen LogP contribution in [0.1, 0.15) is 24.5 Å². The predicted molar refractivity (Wildman–Crippen MR) is 65.0 cm³/mol. The second-order valence-electron chi connectivity index (χ2n) is 4.01. The zero-order chi connectivity index (χ0) is 12.4. The Morgan fingerprint density at radius 3 is 2.88 bits per heavy atom. The summed E-state index contributed by atoms with van der Waals surface area (Å²) in [6.07, 6.45) is 3.21. The molecule has 2 aromatic rings. The van der Waals surface area contributed by atoms with Crippen molar-refractivity contribution < 1.29 is 4.42 Å². The number of hydrogen-bond acceptors (Lipinski definition) is 4. The van der Waals surface area contributed by atoms with Gasteiger partial charge >= 0.3 is 0 Å². The van der Waals surface area contributed by atoms with Crippen molar-refractivity contribution in [1.82, 2.24) is 9.55 Å². The summed E-state index contributed by atoms with van der Waals surface area (Å²) in [5, 5.41) is 3.04. The van der Waals surface area contributed by atoms with Crippen LogP contribution in [0.15, 0.2) is 33.7 Å². The van der Waals surface area contributed by atoms with Gasteiger partial charge in [-0.25, -0.2) is 4.98 Å². The second kappa shape index (κ2) is 4.45. The molecule has 0 amide bonds. The topological polar surface area (TPSA) is 60.1 Å². The fourth-order valence-corrected chi connectivity index (χ4v) is 1.56. The summed E-state index contributed by atoms with van der Waals surface area (Å²) in [7, 11) is 1.69. The molecule has 1 N–H and O–H groups in total. The van der Waals surface area contributed by atoms with Crippen LogP contribution in [-0.4, -0.2) is 9.55 Å². The molecule has 0 spiro atoms. The minimum atomic E-state index is -0.150. The average molecular weight is 233 g/mol. The van der Waals surface area contributed by atoms with E-state index >= 15 is 0 Å². The van der Waals surface area contributed by atoms with E-state index in [-0.39, 0.29) is 11.6 Å². The van der Waals surface area contributed by atoms with Crippen molar-refractivity contribution >= 4 is 5.82 Å². The number of aromatic nitrogens is 2. The Bertz CT molecular complexity index is 571. The quantitative estimate of drug-likeness (QED) is 0.879.